The number of benzene rings is 3. The SMILES string of the molecule is Nc1cc(C(=O)N/N=C/c2cccc3c2ccn3Cc2ccc(F)cc2C(F)(F)F)ccc1O. The number of rotatable bonds is 5. The van der Waals surface area contributed by atoms with Crippen LogP contribution in [-0.2, 0) is 12.7 Å². The zero-order valence-electron chi connectivity index (χ0n) is 17.5. The lowest BCUT2D eigenvalue weighted by Gasteiger charge is -2.14. The maximum Gasteiger partial charge on any atom is 0.416 e. The normalized spacial score (nSPS) is 11.9. The van der Waals surface area contributed by atoms with Crippen LogP contribution in [0.5, 0.6) is 5.75 Å². The number of phenols is 1. The van der Waals surface area contributed by atoms with Crippen molar-refractivity contribution in [2.24, 2.45) is 5.10 Å². The fourth-order valence-corrected chi connectivity index (χ4v) is 3.55. The van der Waals surface area contributed by atoms with Crippen LogP contribution in [-0.4, -0.2) is 21.8 Å². The zero-order chi connectivity index (χ0) is 24.5. The fourth-order valence-electron chi connectivity index (χ4n) is 3.55. The van der Waals surface area contributed by atoms with Crippen molar-refractivity contribution < 1.29 is 27.5 Å². The highest BCUT2D eigenvalue weighted by Crippen LogP contribution is 2.33. The molecule has 10 heteroatoms. The Morgan fingerprint density at radius 3 is 2.65 bits per heavy atom. The number of fused-ring (bicyclic) bond motifs is 1. The van der Waals surface area contributed by atoms with E-state index in [1.165, 1.54) is 24.4 Å². The summed E-state index contributed by atoms with van der Waals surface area (Å²) in [6, 6.07) is 13.5. The van der Waals surface area contributed by atoms with Crippen LogP contribution in [0, 0.1) is 5.82 Å². The predicted molar refractivity (Wildman–Crippen MR) is 120 cm³/mol. The third kappa shape index (κ3) is 4.70. The summed E-state index contributed by atoms with van der Waals surface area (Å²) in [6.45, 7) is -0.113. The number of alkyl halides is 3. The minimum absolute atomic E-state index is 0.0533. The van der Waals surface area contributed by atoms with Crippen molar-refractivity contribution in [3.63, 3.8) is 0 Å². The Labute approximate surface area is 190 Å². The third-order valence-corrected chi connectivity index (χ3v) is 5.22. The van der Waals surface area contributed by atoms with Crippen LogP contribution < -0.4 is 11.2 Å². The molecule has 0 radical (unpaired) electrons. The molecule has 0 bridgehead atoms. The van der Waals surface area contributed by atoms with Gasteiger partial charge in [-0.3, -0.25) is 4.79 Å². The first-order chi connectivity index (χ1) is 16.1. The molecule has 4 N–H and O–H groups in total. The summed E-state index contributed by atoms with van der Waals surface area (Å²) in [4.78, 5) is 12.2. The lowest BCUT2D eigenvalue weighted by Crippen LogP contribution is -2.17. The molecule has 0 atom stereocenters. The lowest BCUT2D eigenvalue weighted by atomic mass is 10.1. The van der Waals surface area contributed by atoms with E-state index in [0.717, 1.165) is 12.1 Å². The Morgan fingerprint density at radius 1 is 1.12 bits per heavy atom. The van der Waals surface area contributed by atoms with Gasteiger partial charge in [0.15, 0.2) is 0 Å². The summed E-state index contributed by atoms with van der Waals surface area (Å²) in [7, 11) is 0. The van der Waals surface area contributed by atoms with Crippen LogP contribution in [0.4, 0.5) is 23.2 Å². The van der Waals surface area contributed by atoms with Crippen molar-refractivity contribution in [1.82, 2.24) is 9.99 Å². The van der Waals surface area contributed by atoms with Gasteiger partial charge in [0.25, 0.3) is 5.91 Å². The van der Waals surface area contributed by atoms with Gasteiger partial charge in [-0.2, -0.15) is 18.3 Å². The van der Waals surface area contributed by atoms with E-state index in [1.54, 1.807) is 35.0 Å². The molecule has 0 aliphatic heterocycles. The first kappa shape index (κ1) is 22.8. The van der Waals surface area contributed by atoms with Crippen molar-refractivity contribution in [3.05, 3.63) is 94.9 Å². The number of nitrogens with zero attached hydrogens (tertiary/aromatic N) is 2. The summed E-state index contributed by atoms with van der Waals surface area (Å²) >= 11 is 0. The molecule has 34 heavy (non-hydrogen) atoms. The number of anilines is 1. The number of halogens is 4. The maximum atomic E-state index is 13.4. The fraction of sp³-hybridized carbons (Fsp3) is 0.0833. The Bertz CT molecular complexity index is 1410. The second kappa shape index (κ2) is 8.89. The van der Waals surface area contributed by atoms with Gasteiger partial charge in [-0.25, -0.2) is 9.82 Å². The largest absolute Gasteiger partial charge is 0.506 e. The van der Waals surface area contributed by atoms with Gasteiger partial charge in [0, 0.05) is 34.8 Å². The van der Waals surface area contributed by atoms with E-state index in [0.29, 0.717) is 22.5 Å². The highest BCUT2D eigenvalue weighted by molar-refractivity contribution is 6.00. The number of phenolic OH excluding ortho intramolecular Hbond substituents is 1. The van der Waals surface area contributed by atoms with Crippen molar-refractivity contribution in [3.8, 4) is 5.75 Å². The number of hydrazone groups is 1. The molecule has 6 nitrogen and oxygen atoms in total. The van der Waals surface area contributed by atoms with Crippen LogP contribution in [0.15, 0.2) is 72.0 Å². The molecule has 1 aromatic heterocycles. The summed E-state index contributed by atoms with van der Waals surface area (Å²) < 4.78 is 55.1. The van der Waals surface area contributed by atoms with Gasteiger partial charge in [0.2, 0.25) is 0 Å². The van der Waals surface area contributed by atoms with Gasteiger partial charge < -0.3 is 15.4 Å². The van der Waals surface area contributed by atoms with E-state index in [9.17, 15) is 27.5 Å². The van der Waals surface area contributed by atoms with Gasteiger partial charge >= 0.3 is 6.18 Å². The summed E-state index contributed by atoms with van der Waals surface area (Å²) in [5, 5.41) is 14.1. The number of hydrogen-bond donors (Lipinski definition) is 3. The summed E-state index contributed by atoms with van der Waals surface area (Å²) in [5.74, 6) is -1.63. The van der Waals surface area contributed by atoms with E-state index in [1.807, 2.05) is 0 Å². The standard InChI is InChI=1S/C24H18F4N4O2/c25-17-6-4-16(19(11-17)24(26,27)28)13-32-9-8-18-15(2-1-3-21(18)32)12-30-31-23(34)14-5-7-22(33)20(29)10-14/h1-12,33H,13,29H2,(H,31,34)/b30-12+. The van der Waals surface area contributed by atoms with Gasteiger partial charge in [-0.1, -0.05) is 18.2 Å². The average Bonchev–Trinajstić information content (AvgIpc) is 3.19. The molecule has 4 rings (SSSR count). The lowest BCUT2D eigenvalue weighted by molar-refractivity contribution is -0.138. The third-order valence-electron chi connectivity index (χ3n) is 5.22. The Balaban J connectivity index is 1.57. The van der Waals surface area contributed by atoms with Crippen LogP contribution in [0.1, 0.15) is 27.0 Å². The molecule has 174 valence electrons. The molecule has 3 aromatic carbocycles. The van der Waals surface area contributed by atoms with Crippen LogP contribution >= 0.6 is 0 Å². The Hall–Kier alpha value is -4.34. The topological polar surface area (TPSA) is 92.6 Å². The molecule has 0 spiro atoms. The molecule has 4 aromatic rings. The number of hydrogen-bond acceptors (Lipinski definition) is 4. The Morgan fingerprint density at radius 2 is 1.91 bits per heavy atom. The van der Waals surface area contributed by atoms with Crippen molar-refractivity contribution >= 4 is 28.7 Å². The molecule has 0 saturated carbocycles. The molecular formula is C24H18F4N4O2. The number of amides is 1. The first-order valence-corrected chi connectivity index (χ1v) is 9.99. The average molecular weight is 470 g/mol. The number of aromatic nitrogens is 1. The monoisotopic (exact) mass is 470 g/mol. The summed E-state index contributed by atoms with van der Waals surface area (Å²) in [5.41, 5.74) is 8.38. The van der Waals surface area contributed by atoms with Crippen molar-refractivity contribution in [1.29, 1.82) is 0 Å². The van der Waals surface area contributed by atoms with Gasteiger partial charge in [-0.15, -0.1) is 0 Å². The highest BCUT2D eigenvalue weighted by Gasteiger charge is 2.33. The zero-order valence-corrected chi connectivity index (χ0v) is 17.5. The highest BCUT2D eigenvalue weighted by atomic mass is 19.4. The van der Waals surface area contributed by atoms with Crippen molar-refractivity contribution in [2.75, 3.05) is 5.73 Å². The van der Waals surface area contributed by atoms with Crippen LogP contribution in [0.3, 0.4) is 0 Å². The van der Waals surface area contributed by atoms with Gasteiger partial charge in [-0.05, 0) is 48.0 Å². The molecule has 0 aliphatic rings. The van der Waals surface area contributed by atoms with E-state index < -0.39 is 23.5 Å². The first-order valence-electron chi connectivity index (χ1n) is 9.99. The van der Waals surface area contributed by atoms with Crippen LogP contribution in [0.2, 0.25) is 0 Å². The van der Waals surface area contributed by atoms with Gasteiger partial charge in [0.1, 0.15) is 11.6 Å². The number of carbonyl (C=O) groups is 1. The molecule has 1 heterocycles. The molecule has 0 unspecified atom stereocenters. The van der Waals surface area contributed by atoms with Crippen molar-refractivity contribution in [2.45, 2.75) is 12.7 Å². The molecular weight excluding hydrogens is 452 g/mol. The minimum Gasteiger partial charge on any atom is -0.506 e. The van der Waals surface area contributed by atoms with E-state index in [4.69, 9.17) is 5.73 Å². The smallest absolute Gasteiger partial charge is 0.416 e. The summed E-state index contributed by atoms with van der Waals surface area (Å²) in [6.07, 6.45) is -1.64. The second-order valence-electron chi connectivity index (χ2n) is 7.50. The number of nitrogens with one attached hydrogen (secondary N) is 1. The minimum atomic E-state index is -4.68. The predicted octanol–water partition coefficient (Wildman–Crippen LogP) is 4.90. The number of nitrogen functional groups attached to an aromatic ring is 1. The van der Waals surface area contributed by atoms with E-state index >= 15 is 0 Å². The second-order valence-corrected chi connectivity index (χ2v) is 7.50. The Kier molecular flexibility index (Phi) is 5.97. The van der Waals surface area contributed by atoms with E-state index in [-0.39, 0.29) is 29.1 Å². The number of aromatic hydroxyl groups is 1. The number of carbonyl (C=O) groups excluding carboxylic acids is 1. The molecule has 0 aliphatic carbocycles. The molecule has 1 amide bonds. The maximum absolute atomic E-state index is 13.4. The van der Waals surface area contributed by atoms with Crippen LogP contribution in [0.25, 0.3) is 10.9 Å². The quantitative estimate of drug-likeness (QED) is 0.127. The van der Waals surface area contributed by atoms with E-state index in [2.05, 4.69) is 10.5 Å². The molecule has 0 saturated heterocycles. The van der Waals surface area contributed by atoms with Gasteiger partial charge in [0.05, 0.1) is 17.5 Å². The number of nitrogens with two attached hydrogens (primary N) is 1. The molecule has 0 fully saturated rings.